The number of terminal acetylenes is 1. The van der Waals surface area contributed by atoms with Gasteiger partial charge in [0.25, 0.3) is 5.91 Å². The van der Waals surface area contributed by atoms with Gasteiger partial charge in [-0.1, -0.05) is 60.5 Å². The third kappa shape index (κ3) is 8.96. The molecule has 202 valence electrons. The third-order valence-corrected chi connectivity index (χ3v) is 5.59. The Kier molecular flexibility index (Phi) is 10.5. The number of alkyl carbamates (subject to hydrolysis) is 1. The van der Waals surface area contributed by atoms with E-state index in [2.05, 4.69) is 16.7 Å². The molecule has 2 rings (SSSR count). The minimum absolute atomic E-state index is 0.128. The van der Waals surface area contributed by atoms with Gasteiger partial charge in [-0.05, 0) is 57.7 Å². The van der Waals surface area contributed by atoms with Crippen LogP contribution in [0, 0.1) is 26.3 Å². The third-order valence-electron chi connectivity index (χ3n) is 5.59. The van der Waals surface area contributed by atoms with E-state index < -0.39 is 41.5 Å². The van der Waals surface area contributed by atoms with Crippen molar-refractivity contribution in [3.63, 3.8) is 0 Å². The Morgan fingerprint density at radius 1 is 1.08 bits per heavy atom. The van der Waals surface area contributed by atoms with E-state index in [9.17, 15) is 19.2 Å². The monoisotopic (exact) mass is 520 g/mol. The molecule has 4 amide bonds. The van der Waals surface area contributed by atoms with Gasteiger partial charge in [-0.3, -0.25) is 19.3 Å². The van der Waals surface area contributed by atoms with Crippen molar-refractivity contribution in [1.29, 1.82) is 0 Å². The number of nitrogens with two attached hydrogens (primary N) is 1. The van der Waals surface area contributed by atoms with Crippen LogP contribution in [0.3, 0.4) is 0 Å². The van der Waals surface area contributed by atoms with Crippen molar-refractivity contribution in [3.8, 4) is 12.5 Å². The lowest BCUT2D eigenvalue weighted by Gasteiger charge is -2.31. The van der Waals surface area contributed by atoms with Crippen molar-refractivity contribution in [3.05, 3.63) is 70.8 Å². The van der Waals surface area contributed by atoms with Gasteiger partial charge in [0.05, 0.1) is 0 Å². The molecule has 2 unspecified atom stereocenters. The van der Waals surface area contributed by atoms with E-state index >= 15 is 0 Å². The van der Waals surface area contributed by atoms with Crippen LogP contribution in [-0.2, 0) is 25.7 Å². The number of nitrogens with one attached hydrogen (secondary N) is 2. The Morgan fingerprint density at radius 2 is 1.74 bits per heavy atom. The predicted molar refractivity (Wildman–Crippen MR) is 144 cm³/mol. The van der Waals surface area contributed by atoms with Crippen LogP contribution in [0.1, 0.15) is 61.9 Å². The van der Waals surface area contributed by atoms with E-state index in [0.29, 0.717) is 5.56 Å². The van der Waals surface area contributed by atoms with E-state index in [4.69, 9.17) is 16.9 Å². The van der Waals surface area contributed by atoms with Crippen LogP contribution in [-0.4, -0.2) is 40.4 Å². The Balaban J connectivity index is 2.45. The zero-order chi connectivity index (χ0) is 28.5. The van der Waals surface area contributed by atoms with Gasteiger partial charge < -0.3 is 21.1 Å². The first-order valence-corrected chi connectivity index (χ1v) is 12.3. The number of carbonyl (C=O) groups excluding carboxylic acids is 4. The second kappa shape index (κ2) is 13.3. The predicted octanol–water partition coefficient (Wildman–Crippen LogP) is 3.24. The Bertz CT molecular complexity index is 1200. The zero-order valence-electron chi connectivity index (χ0n) is 22.5. The summed E-state index contributed by atoms with van der Waals surface area (Å²) in [5, 5.41) is 5.35. The molecule has 0 radical (unpaired) electrons. The molecule has 0 bridgehead atoms. The van der Waals surface area contributed by atoms with Crippen LogP contribution in [0.2, 0.25) is 0 Å². The first-order valence-electron chi connectivity index (χ1n) is 12.3. The summed E-state index contributed by atoms with van der Waals surface area (Å²) in [6.45, 7) is 8.92. The average molecular weight is 521 g/mol. The molecule has 38 heavy (non-hydrogen) atoms. The Hall–Kier alpha value is -4.32. The van der Waals surface area contributed by atoms with Crippen LogP contribution in [0.5, 0.6) is 0 Å². The van der Waals surface area contributed by atoms with Crippen molar-refractivity contribution in [1.82, 2.24) is 15.5 Å². The Morgan fingerprint density at radius 3 is 2.32 bits per heavy atom. The lowest BCUT2D eigenvalue weighted by molar-refractivity contribution is -0.139. The summed E-state index contributed by atoms with van der Waals surface area (Å²) in [5.41, 5.74) is 7.49. The van der Waals surface area contributed by atoms with Crippen LogP contribution in [0.4, 0.5) is 4.79 Å². The molecule has 0 aliphatic rings. The summed E-state index contributed by atoms with van der Waals surface area (Å²) in [6, 6.07) is 14.7. The lowest BCUT2D eigenvalue weighted by Crippen LogP contribution is -2.51. The topological polar surface area (TPSA) is 131 Å². The number of aryl methyl sites for hydroxylation is 2. The maximum Gasteiger partial charge on any atom is 0.408 e. The number of rotatable bonds is 10. The number of nitrogens with zero attached hydrogens (tertiary/aromatic N) is 1. The van der Waals surface area contributed by atoms with Gasteiger partial charge >= 0.3 is 6.09 Å². The first-order chi connectivity index (χ1) is 17.8. The molecule has 9 heteroatoms. The molecule has 0 saturated heterocycles. The van der Waals surface area contributed by atoms with Crippen molar-refractivity contribution in [2.75, 3.05) is 0 Å². The van der Waals surface area contributed by atoms with Crippen molar-refractivity contribution >= 4 is 23.8 Å². The van der Waals surface area contributed by atoms with E-state index in [1.165, 1.54) is 0 Å². The number of amides is 4. The summed E-state index contributed by atoms with van der Waals surface area (Å²) >= 11 is 0. The summed E-state index contributed by atoms with van der Waals surface area (Å²) < 4.78 is 5.29. The molecule has 2 atom stereocenters. The minimum atomic E-state index is -1.26. The second-order valence-corrected chi connectivity index (χ2v) is 10.0. The van der Waals surface area contributed by atoms with Crippen LogP contribution >= 0.6 is 0 Å². The SMILES string of the molecule is C#CN(C(=O)C(CCC(N)=O)NC(=O)OC(C)(C)C)C(C(=O)NCc1ccccc1)c1cc(C)ccc1C. The van der Waals surface area contributed by atoms with Crippen molar-refractivity contribution < 1.29 is 23.9 Å². The summed E-state index contributed by atoms with van der Waals surface area (Å²) in [4.78, 5) is 52.3. The summed E-state index contributed by atoms with van der Waals surface area (Å²) in [6.07, 6.45) is 4.62. The number of hydrogen-bond donors (Lipinski definition) is 3. The van der Waals surface area contributed by atoms with Gasteiger partial charge in [0.1, 0.15) is 17.7 Å². The largest absolute Gasteiger partial charge is 0.444 e. The van der Waals surface area contributed by atoms with E-state index in [1.807, 2.05) is 56.3 Å². The first kappa shape index (κ1) is 29.9. The van der Waals surface area contributed by atoms with Crippen molar-refractivity contribution in [2.45, 2.75) is 71.7 Å². The maximum absolute atomic E-state index is 13.8. The molecule has 0 fully saturated rings. The fourth-order valence-corrected chi connectivity index (χ4v) is 3.76. The van der Waals surface area contributed by atoms with E-state index in [-0.39, 0.29) is 19.4 Å². The lowest BCUT2D eigenvalue weighted by atomic mass is 9.96. The van der Waals surface area contributed by atoms with Crippen LogP contribution < -0.4 is 16.4 Å². The van der Waals surface area contributed by atoms with Crippen LogP contribution in [0.15, 0.2) is 48.5 Å². The van der Waals surface area contributed by atoms with Gasteiger partial charge in [0.15, 0.2) is 0 Å². The smallest absolute Gasteiger partial charge is 0.408 e. The highest BCUT2D eigenvalue weighted by atomic mass is 16.6. The number of benzene rings is 2. The summed E-state index contributed by atoms with van der Waals surface area (Å²) in [5.74, 6) is -1.91. The molecule has 0 aliphatic heterocycles. The average Bonchev–Trinajstić information content (AvgIpc) is 2.84. The quantitative estimate of drug-likeness (QED) is 0.327. The molecule has 4 N–H and O–H groups in total. The Labute approximate surface area is 224 Å². The number of hydrogen-bond acceptors (Lipinski definition) is 5. The number of carbonyl (C=O) groups is 4. The standard InChI is InChI=1S/C29H36N4O5/c1-7-33(27(36)23(15-16-24(30)34)32-28(37)38-29(4,5)6)25(22-17-19(2)13-14-20(22)3)26(35)31-18-21-11-9-8-10-12-21/h1,8-14,17,23,25H,15-16,18H2,2-6H3,(H2,30,34)(H,31,35)(H,32,37). The molecule has 2 aromatic carbocycles. The molecular formula is C29H36N4O5. The molecule has 0 spiro atoms. The second-order valence-electron chi connectivity index (χ2n) is 10.0. The molecule has 0 heterocycles. The van der Waals surface area contributed by atoms with E-state index in [0.717, 1.165) is 21.6 Å². The highest BCUT2D eigenvalue weighted by Gasteiger charge is 2.36. The molecule has 0 aromatic heterocycles. The van der Waals surface area contributed by atoms with Crippen LogP contribution in [0.25, 0.3) is 0 Å². The highest BCUT2D eigenvalue weighted by Crippen LogP contribution is 2.27. The zero-order valence-corrected chi connectivity index (χ0v) is 22.5. The highest BCUT2D eigenvalue weighted by molar-refractivity contribution is 5.93. The van der Waals surface area contributed by atoms with Crippen molar-refractivity contribution in [2.24, 2.45) is 5.73 Å². The molecular weight excluding hydrogens is 484 g/mol. The fraction of sp³-hybridized carbons (Fsp3) is 0.379. The molecule has 0 aliphatic carbocycles. The van der Waals surface area contributed by atoms with Gasteiger partial charge in [-0.25, -0.2) is 4.79 Å². The molecule has 9 nitrogen and oxygen atoms in total. The van der Waals surface area contributed by atoms with Gasteiger partial charge in [-0.2, -0.15) is 0 Å². The number of primary amides is 1. The maximum atomic E-state index is 13.8. The normalized spacial score (nSPS) is 12.4. The molecule has 0 saturated carbocycles. The minimum Gasteiger partial charge on any atom is -0.444 e. The fourth-order valence-electron chi connectivity index (χ4n) is 3.76. The molecule has 2 aromatic rings. The number of ether oxygens (including phenoxy) is 1. The van der Waals surface area contributed by atoms with Gasteiger partial charge in [0, 0.05) is 19.0 Å². The van der Waals surface area contributed by atoms with Gasteiger partial charge in [-0.15, -0.1) is 0 Å². The summed E-state index contributed by atoms with van der Waals surface area (Å²) in [7, 11) is 0. The van der Waals surface area contributed by atoms with Gasteiger partial charge in [0.2, 0.25) is 11.8 Å². The van der Waals surface area contributed by atoms with E-state index in [1.54, 1.807) is 26.8 Å².